The number of carboxylic acid groups (broad SMARTS) is 1. The van der Waals surface area contributed by atoms with Crippen LogP contribution in [-0.4, -0.2) is 21.6 Å². The van der Waals surface area contributed by atoms with Crippen LogP contribution >= 0.6 is 0 Å². The Morgan fingerprint density at radius 3 is 2.40 bits per heavy atom. The molecule has 0 atom stereocenters. The van der Waals surface area contributed by atoms with Gasteiger partial charge in [-0.2, -0.15) is 5.26 Å². The Kier molecular flexibility index (Phi) is 4.14. The zero-order chi connectivity index (χ0) is 18.0. The quantitative estimate of drug-likeness (QED) is 0.794. The number of rotatable bonds is 3. The number of benzene rings is 2. The summed E-state index contributed by atoms with van der Waals surface area (Å²) in [5.74, 6) is -1.91. The summed E-state index contributed by atoms with van der Waals surface area (Å²) in [5, 5.41) is 18.5. The van der Waals surface area contributed by atoms with Gasteiger partial charge in [0.25, 0.3) is 5.56 Å². The number of pyridine rings is 1. The second-order valence-corrected chi connectivity index (χ2v) is 5.44. The molecule has 1 heterocycles. The van der Waals surface area contributed by atoms with Gasteiger partial charge in [-0.1, -0.05) is 30.3 Å². The van der Waals surface area contributed by atoms with Gasteiger partial charge in [0, 0.05) is 0 Å². The molecule has 6 nitrogen and oxygen atoms in total. The van der Waals surface area contributed by atoms with E-state index in [-0.39, 0.29) is 6.42 Å². The van der Waals surface area contributed by atoms with Crippen molar-refractivity contribution >= 4 is 22.8 Å². The van der Waals surface area contributed by atoms with Crippen LogP contribution in [0.5, 0.6) is 0 Å². The second kappa shape index (κ2) is 6.42. The van der Waals surface area contributed by atoms with E-state index in [1.165, 1.54) is 6.07 Å². The van der Waals surface area contributed by atoms with Gasteiger partial charge in [0.15, 0.2) is 0 Å². The van der Waals surface area contributed by atoms with Gasteiger partial charge in [-0.05, 0) is 35.2 Å². The molecule has 0 spiro atoms. The highest BCUT2D eigenvalue weighted by molar-refractivity contribution is 5.97. The van der Waals surface area contributed by atoms with Crippen molar-refractivity contribution in [1.82, 2.24) is 4.57 Å². The molecule has 0 saturated carbocycles. The maximum Gasteiger partial charge on any atom is 0.341 e. The molecule has 1 N–H and O–H groups in total. The van der Waals surface area contributed by atoms with Crippen LogP contribution in [0.3, 0.4) is 0 Å². The smallest absolute Gasteiger partial charge is 0.341 e. The van der Waals surface area contributed by atoms with Crippen molar-refractivity contribution in [2.75, 3.05) is 0 Å². The summed E-state index contributed by atoms with van der Waals surface area (Å²) in [4.78, 5) is 36.5. The van der Waals surface area contributed by atoms with Crippen LogP contribution in [0.2, 0.25) is 0 Å². The summed E-state index contributed by atoms with van der Waals surface area (Å²) in [6.07, 6.45) is -0.0846. The van der Waals surface area contributed by atoms with Crippen LogP contribution in [0.4, 0.5) is 0 Å². The summed E-state index contributed by atoms with van der Waals surface area (Å²) in [6, 6.07) is 16.3. The zero-order valence-electron chi connectivity index (χ0n) is 13.0. The van der Waals surface area contributed by atoms with Crippen molar-refractivity contribution in [2.24, 2.45) is 0 Å². The number of para-hydroxylation sites is 1. The minimum absolute atomic E-state index is 0.0846. The summed E-state index contributed by atoms with van der Waals surface area (Å²) in [7, 11) is 0. The minimum atomic E-state index is -1.38. The van der Waals surface area contributed by atoms with Gasteiger partial charge in [0.1, 0.15) is 5.56 Å². The average molecular weight is 332 g/mol. The molecule has 3 rings (SSSR count). The summed E-state index contributed by atoms with van der Waals surface area (Å²) in [6.45, 7) is 0. The number of carbonyl (C=O) groups is 2. The Bertz CT molecular complexity index is 1090. The number of carbonyl (C=O) groups excluding carboxylic acids is 1. The van der Waals surface area contributed by atoms with Gasteiger partial charge in [0.05, 0.1) is 23.6 Å². The van der Waals surface area contributed by atoms with Crippen LogP contribution in [0.1, 0.15) is 26.3 Å². The fourth-order valence-electron chi connectivity index (χ4n) is 2.61. The highest BCUT2D eigenvalue weighted by atomic mass is 16.4. The molecule has 0 aliphatic rings. The highest BCUT2D eigenvalue weighted by Gasteiger charge is 2.19. The van der Waals surface area contributed by atoms with E-state index >= 15 is 0 Å². The lowest BCUT2D eigenvalue weighted by atomic mass is 10.1. The Labute approximate surface area is 142 Å². The fraction of sp³-hybridized carbons (Fsp3) is 0.0526. The Hall–Kier alpha value is -3.72. The Morgan fingerprint density at radius 1 is 1.08 bits per heavy atom. The Morgan fingerprint density at radius 2 is 1.76 bits per heavy atom. The molecule has 6 heteroatoms. The van der Waals surface area contributed by atoms with Crippen LogP contribution < -0.4 is 5.56 Å². The van der Waals surface area contributed by atoms with Crippen LogP contribution in [0.25, 0.3) is 10.9 Å². The number of hydrogen-bond acceptors (Lipinski definition) is 4. The average Bonchev–Trinajstić information content (AvgIpc) is 2.61. The number of fused-ring (bicyclic) bond motifs is 1. The molecule has 1 aromatic heterocycles. The first-order valence-electron chi connectivity index (χ1n) is 7.41. The SMILES string of the molecule is N#Cc1ccc(CC(=O)n2c(=O)c(C(=O)O)cc3ccccc32)cc1. The molecule has 0 aliphatic carbocycles. The van der Waals surface area contributed by atoms with E-state index in [0.29, 0.717) is 22.0 Å². The number of nitriles is 1. The van der Waals surface area contributed by atoms with Gasteiger partial charge < -0.3 is 5.11 Å². The lowest BCUT2D eigenvalue weighted by Crippen LogP contribution is -2.32. The number of aromatic carboxylic acids is 1. The molecule has 25 heavy (non-hydrogen) atoms. The molecule has 0 saturated heterocycles. The van der Waals surface area contributed by atoms with Gasteiger partial charge in [-0.25, -0.2) is 9.36 Å². The van der Waals surface area contributed by atoms with Gasteiger partial charge in [-0.3, -0.25) is 9.59 Å². The van der Waals surface area contributed by atoms with E-state index in [0.717, 1.165) is 4.57 Å². The van der Waals surface area contributed by atoms with Gasteiger partial charge in [-0.15, -0.1) is 0 Å². The normalized spacial score (nSPS) is 10.4. The number of aromatic nitrogens is 1. The monoisotopic (exact) mass is 332 g/mol. The van der Waals surface area contributed by atoms with E-state index in [1.807, 2.05) is 6.07 Å². The number of carboxylic acids is 1. The highest BCUT2D eigenvalue weighted by Crippen LogP contribution is 2.15. The number of nitrogens with zero attached hydrogens (tertiary/aromatic N) is 2. The summed E-state index contributed by atoms with van der Waals surface area (Å²) in [5.41, 5.74) is 0.139. The van der Waals surface area contributed by atoms with Crippen molar-refractivity contribution in [2.45, 2.75) is 6.42 Å². The van der Waals surface area contributed by atoms with Crippen LogP contribution in [-0.2, 0) is 6.42 Å². The van der Waals surface area contributed by atoms with Crippen LogP contribution in [0, 0.1) is 11.3 Å². The van der Waals surface area contributed by atoms with Gasteiger partial charge >= 0.3 is 5.97 Å². The largest absolute Gasteiger partial charge is 0.477 e. The lowest BCUT2D eigenvalue weighted by molar-refractivity contribution is 0.0694. The van der Waals surface area contributed by atoms with Gasteiger partial charge in [0.2, 0.25) is 5.91 Å². The van der Waals surface area contributed by atoms with Crippen molar-refractivity contribution < 1.29 is 14.7 Å². The van der Waals surface area contributed by atoms with E-state index in [1.54, 1.807) is 48.5 Å². The first-order chi connectivity index (χ1) is 12.0. The molecule has 0 radical (unpaired) electrons. The fourth-order valence-corrected chi connectivity index (χ4v) is 2.61. The molecule has 122 valence electrons. The molecular weight excluding hydrogens is 320 g/mol. The summed E-state index contributed by atoms with van der Waals surface area (Å²) >= 11 is 0. The maximum atomic E-state index is 12.7. The minimum Gasteiger partial charge on any atom is -0.477 e. The molecule has 2 aromatic carbocycles. The standard InChI is InChI=1S/C19H12N2O4/c20-11-13-7-5-12(6-8-13)9-17(22)21-16-4-2-1-3-14(16)10-15(18(21)23)19(24)25/h1-8,10H,9H2,(H,24,25). The summed E-state index contributed by atoms with van der Waals surface area (Å²) < 4.78 is 0.900. The maximum absolute atomic E-state index is 12.7. The number of hydrogen-bond donors (Lipinski definition) is 1. The Balaban J connectivity index is 2.11. The predicted molar refractivity (Wildman–Crippen MR) is 90.7 cm³/mol. The van der Waals surface area contributed by atoms with Crippen molar-refractivity contribution in [3.05, 3.63) is 81.6 Å². The van der Waals surface area contributed by atoms with Crippen LogP contribution in [0.15, 0.2) is 59.4 Å². The predicted octanol–water partition coefficient (Wildman–Crippen LogP) is 2.45. The lowest BCUT2D eigenvalue weighted by Gasteiger charge is -2.10. The van der Waals surface area contributed by atoms with E-state index < -0.39 is 23.0 Å². The second-order valence-electron chi connectivity index (χ2n) is 5.44. The molecule has 3 aromatic rings. The van der Waals surface area contributed by atoms with E-state index in [2.05, 4.69) is 0 Å². The third-order valence-corrected chi connectivity index (χ3v) is 3.83. The molecule has 0 aliphatic heterocycles. The molecule has 0 fully saturated rings. The zero-order valence-corrected chi connectivity index (χ0v) is 13.0. The third kappa shape index (κ3) is 3.03. The van der Waals surface area contributed by atoms with Crippen molar-refractivity contribution in [3.63, 3.8) is 0 Å². The molecular formula is C19H12N2O4. The van der Waals surface area contributed by atoms with Crippen molar-refractivity contribution in [3.8, 4) is 6.07 Å². The van der Waals surface area contributed by atoms with Crippen molar-refractivity contribution in [1.29, 1.82) is 5.26 Å². The molecule has 0 amide bonds. The molecule has 0 bridgehead atoms. The topological polar surface area (TPSA) is 100 Å². The first kappa shape index (κ1) is 16.1. The molecule has 0 unspecified atom stereocenters. The van der Waals surface area contributed by atoms with E-state index in [9.17, 15) is 19.5 Å². The first-order valence-corrected chi connectivity index (χ1v) is 7.41. The third-order valence-electron chi connectivity index (χ3n) is 3.83. The van der Waals surface area contributed by atoms with E-state index in [4.69, 9.17) is 5.26 Å².